The van der Waals surface area contributed by atoms with Crippen LogP contribution in [0.5, 0.6) is 0 Å². The summed E-state index contributed by atoms with van der Waals surface area (Å²) >= 11 is 0. The smallest absolute Gasteiger partial charge is 0.407 e. The minimum absolute atomic E-state index is 0.323. The van der Waals surface area contributed by atoms with Gasteiger partial charge in [0.1, 0.15) is 6.10 Å². The Morgan fingerprint density at radius 1 is 1.39 bits per heavy atom. The lowest BCUT2D eigenvalue weighted by atomic mass is 10.2. The maximum absolute atomic E-state index is 11.6. The Morgan fingerprint density at radius 3 is 2.67 bits per heavy atom. The Bertz CT molecular complexity index is 387. The number of carbonyl (C=O) groups excluding carboxylic acids is 3. The van der Waals surface area contributed by atoms with Crippen molar-refractivity contribution in [2.45, 2.75) is 38.3 Å². The van der Waals surface area contributed by atoms with E-state index in [0.717, 1.165) is 6.42 Å². The van der Waals surface area contributed by atoms with Crippen molar-refractivity contribution in [1.29, 1.82) is 0 Å². The average Bonchev–Trinajstić information content (AvgIpc) is 2.87. The molecule has 2 rings (SSSR count). The van der Waals surface area contributed by atoms with Crippen molar-refractivity contribution in [2.75, 3.05) is 6.54 Å². The number of alkyl carbamates (subject to hydrolysis) is 1. The number of nitrogens with zero attached hydrogens (tertiary/aromatic N) is 1. The van der Waals surface area contributed by atoms with Crippen molar-refractivity contribution < 1.29 is 19.1 Å². The predicted octanol–water partition coefficient (Wildman–Crippen LogP) is 0.579. The third-order valence-corrected chi connectivity index (χ3v) is 3.17. The third kappa shape index (κ3) is 2.37. The largest absolute Gasteiger partial charge is 0.444 e. The van der Waals surface area contributed by atoms with E-state index in [-0.39, 0.29) is 17.9 Å². The zero-order chi connectivity index (χ0) is 13.1. The summed E-state index contributed by atoms with van der Waals surface area (Å²) in [6, 6.07) is -0.331. The van der Waals surface area contributed by atoms with Crippen molar-refractivity contribution in [1.82, 2.24) is 10.2 Å². The van der Waals surface area contributed by atoms with E-state index in [2.05, 4.69) is 5.32 Å². The van der Waals surface area contributed by atoms with Gasteiger partial charge in [0.15, 0.2) is 0 Å². The molecule has 1 aliphatic carbocycles. The molecule has 0 unspecified atom stereocenters. The molecule has 0 aromatic carbocycles. The lowest BCUT2D eigenvalue weighted by Gasteiger charge is -2.27. The highest BCUT2D eigenvalue weighted by Crippen LogP contribution is 2.28. The lowest BCUT2D eigenvalue weighted by molar-refractivity contribution is -0.141. The molecule has 2 aliphatic rings. The van der Waals surface area contributed by atoms with Crippen LogP contribution in [0.3, 0.4) is 0 Å². The molecule has 1 N–H and O–H groups in total. The Morgan fingerprint density at radius 2 is 2.06 bits per heavy atom. The first-order chi connectivity index (χ1) is 8.63. The van der Waals surface area contributed by atoms with Crippen LogP contribution in [0.15, 0.2) is 12.2 Å². The topological polar surface area (TPSA) is 75.7 Å². The molecule has 1 heterocycles. The molecular formula is C12H16N2O4. The molecule has 0 spiro atoms. The van der Waals surface area contributed by atoms with Gasteiger partial charge in [0.05, 0.1) is 6.04 Å². The number of imide groups is 1. The molecule has 6 heteroatoms. The van der Waals surface area contributed by atoms with E-state index in [9.17, 15) is 14.4 Å². The molecule has 0 bridgehead atoms. The van der Waals surface area contributed by atoms with Gasteiger partial charge in [-0.1, -0.05) is 0 Å². The van der Waals surface area contributed by atoms with Gasteiger partial charge in [-0.2, -0.15) is 0 Å². The number of nitrogens with one attached hydrogen (secondary N) is 1. The summed E-state index contributed by atoms with van der Waals surface area (Å²) in [6.07, 6.45) is 3.81. The highest BCUT2D eigenvalue weighted by molar-refractivity contribution is 6.13. The van der Waals surface area contributed by atoms with E-state index < -0.39 is 12.2 Å². The average molecular weight is 252 g/mol. The quantitative estimate of drug-likeness (QED) is 0.745. The Kier molecular flexibility index (Phi) is 3.64. The Hall–Kier alpha value is -1.85. The van der Waals surface area contributed by atoms with Crippen molar-refractivity contribution in [3.63, 3.8) is 0 Å². The summed E-state index contributed by atoms with van der Waals surface area (Å²) < 4.78 is 5.25. The van der Waals surface area contributed by atoms with E-state index in [1.165, 1.54) is 17.1 Å². The molecule has 18 heavy (non-hydrogen) atoms. The Balaban J connectivity index is 2.01. The zero-order valence-electron chi connectivity index (χ0n) is 10.2. The van der Waals surface area contributed by atoms with Gasteiger partial charge >= 0.3 is 6.09 Å². The highest BCUT2D eigenvalue weighted by atomic mass is 16.6. The van der Waals surface area contributed by atoms with Gasteiger partial charge in [0, 0.05) is 18.7 Å². The molecule has 2 atom stereocenters. The summed E-state index contributed by atoms with van der Waals surface area (Å²) in [5.41, 5.74) is 0. The van der Waals surface area contributed by atoms with Crippen LogP contribution in [0, 0.1) is 0 Å². The standard InChI is InChI=1S/C12H16N2O4/c1-2-13-12(17)18-9-5-3-4-8(9)14-10(15)6-7-11(14)16/h6-9H,2-5H2,1H3,(H,13,17)/t8-,9-/m0/s1. The molecule has 98 valence electrons. The minimum atomic E-state index is -0.499. The second kappa shape index (κ2) is 5.20. The molecule has 3 amide bonds. The van der Waals surface area contributed by atoms with Gasteiger partial charge in [-0.3, -0.25) is 14.5 Å². The van der Waals surface area contributed by atoms with Crippen LogP contribution in [0.2, 0.25) is 0 Å². The summed E-state index contributed by atoms with van der Waals surface area (Å²) in [4.78, 5) is 35.8. The normalized spacial score (nSPS) is 26.8. The van der Waals surface area contributed by atoms with Crippen LogP contribution in [-0.4, -0.2) is 41.5 Å². The number of rotatable bonds is 3. The second-order valence-corrected chi connectivity index (χ2v) is 4.35. The lowest BCUT2D eigenvalue weighted by Crippen LogP contribution is -2.46. The number of hydrogen-bond donors (Lipinski definition) is 1. The van der Waals surface area contributed by atoms with E-state index >= 15 is 0 Å². The fourth-order valence-electron chi connectivity index (χ4n) is 2.40. The van der Waals surface area contributed by atoms with E-state index in [1.807, 2.05) is 0 Å². The third-order valence-electron chi connectivity index (χ3n) is 3.17. The summed E-state index contributed by atoms with van der Waals surface area (Å²) in [5.74, 6) is -0.646. The van der Waals surface area contributed by atoms with E-state index in [1.54, 1.807) is 6.92 Å². The monoisotopic (exact) mass is 252 g/mol. The number of amides is 3. The molecule has 0 saturated heterocycles. The minimum Gasteiger partial charge on any atom is -0.444 e. The van der Waals surface area contributed by atoms with Crippen LogP contribution in [0.25, 0.3) is 0 Å². The number of carbonyl (C=O) groups is 3. The molecule has 1 fully saturated rings. The van der Waals surface area contributed by atoms with Crippen molar-refractivity contribution in [3.05, 3.63) is 12.2 Å². The summed E-state index contributed by atoms with van der Waals surface area (Å²) in [7, 11) is 0. The second-order valence-electron chi connectivity index (χ2n) is 4.35. The molecule has 0 radical (unpaired) electrons. The van der Waals surface area contributed by atoms with Gasteiger partial charge in [-0.05, 0) is 26.2 Å². The summed E-state index contributed by atoms with van der Waals surface area (Å²) in [6.45, 7) is 2.28. The molecule has 6 nitrogen and oxygen atoms in total. The first kappa shape index (κ1) is 12.6. The Labute approximate surface area is 105 Å². The van der Waals surface area contributed by atoms with Gasteiger partial charge in [-0.25, -0.2) is 4.79 Å². The van der Waals surface area contributed by atoms with Gasteiger partial charge < -0.3 is 10.1 Å². The van der Waals surface area contributed by atoms with Crippen molar-refractivity contribution in [3.8, 4) is 0 Å². The SMILES string of the molecule is CCNC(=O)O[C@H]1CCC[C@@H]1N1C(=O)C=CC1=O. The first-order valence-corrected chi connectivity index (χ1v) is 6.13. The maximum Gasteiger partial charge on any atom is 0.407 e. The van der Waals surface area contributed by atoms with E-state index in [0.29, 0.717) is 19.4 Å². The highest BCUT2D eigenvalue weighted by Gasteiger charge is 2.40. The fourth-order valence-corrected chi connectivity index (χ4v) is 2.40. The van der Waals surface area contributed by atoms with Gasteiger partial charge in [-0.15, -0.1) is 0 Å². The molecule has 1 saturated carbocycles. The molecular weight excluding hydrogens is 236 g/mol. The zero-order valence-corrected chi connectivity index (χ0v) is 10.2. The van der Waals surface area contributed by atoms with Crippen molar-refractivity contribution in [2.24, 2.45) is 0 Å². The molecule has 0 aromatic heterocycles. The fraction of sp³-hybridized carbons (Fsp3) is 0.583. The van der Waals surface area contributed by atoms with Crippen LogP contribution >= 0.6 is 0 Å². The van der Waals surface area contributed by atoms with Crippen LogP contribution in [-0.2, 0) is 14.3 Å². The molecule has 1 aliphatic heterocycles. The van der Waals surface area contributed by atoms with Crippen LogP contribution in [0.1, 0.15) is 26.2 Å². The number of ether oxygens (including phenoxy) is 1. The maximum atomic E-state index is 11.6. The van der Waals surface area contributed by atoms with Crippen LogP contribution in [0.4, 0.5) is 4.79 Å². The predicted molar refractivity (Wildman–Crippen MR) is 62.6 cm³/mol. The van der Waals surface area contributed by atoms with Gasteiger partial charge in [0.25, 0.3) is 11.8 Å². The first-order valence-electron chi connectivity index (χ1n) is 6.13. The van der Waals surface area contributed by atoms with Gasteiger partial charge in [0.2, 0.25) is 0 Å². The van der Waals surface area contributed by atoms with E-state index in [4.69, 9.17) is 4.74 Å². The van der Waals surface area contributed by atoms with Crippen LogP contribution < -0.4 is 5.32 Å². The number of hydrogen-bond acceptors (Lipinski definition) is 4. The molecule has 0 aromatic rings. The van der Waals surface area contributed by atoms with Crippen molar-refractivity contribution >= 4 is 17.9 Å². The summed E-state index contributed by atoms with van der Waals surface area (Å²) in [5, 5.41) is 2.54.